The Bertz CT molecular complexity index is 691. The maximum atomic E-state index is 12.1. The number of carboxylic acid groups (broad SMARTS) is 1. The normalized spacial score (nSPS) is 17.6. The molecule has 0 spiro atoms. The van der Waals surface area contributed by atoms with E-state index >= 15 is 0 Å². The van der Waals surface area contributed by atoms with Crippen LogP contribution in [0.3, 0.4) is 0 Å². The third kappa shape index (κ3) is 3.89. The topological polar surface area (TPSA) is 122 Å². The number of amides is 1. The van der Waals surface area contributed by atoms with Gasteiger partial charge in [0.15, 0.2) is 0 Å². The number of hydrogen-bond donors (Lipinski definition) is 3. The largest absolute Gasteiger partial charge is 0.481 e. The van der Waals surface area contributed by atoms with E-state index in [-0.39, 0.29) is 16.3 Å². The first-order valence-electron chi connectivity index (χ1n) is 6.92. The third-order valence-corrected chi connectivity index (χ3v) is 6.34. The minimum absolute atomic E-state index is 0.00849. The number of hydrogen-bond acceptors (Lipinski definition) is 6. The van der Waals surface area contributed by atoms with Crippen LogP contribution in [-0.2, 0) is 19.6 Å². The van der Waals surface area contributed by atoms with Gasteiger partial charge in [0.25, 0.3) is 5.91 Å². The fourth-order valence-corrected chi connectivity index (χ4v) is 4.18. The Morgan fingerprint density at radius 3 is 2.61 bits per heavy atom. The first-order chi connectivity index (χ1) is 10.8. The molecule has 1 saturated heterocycles. The smallest absolute Gasteiger partial charge is 0.311 e. The zero-order valence-corrected chi connectivity index (χ0v) is 14.1. The summed E-state index contributed by atoms with van der Waals surface area (Å²) in [4.78, 5) is 23.9. The molecule has 1 amide bonds. The number of thiophene rings is 1. The summed E-state index contributed by atoms with van der Waals surface area (Å²) in [5, 5.41) is 13.4. The molecule has 2 rings (SSSR count). The highest BCUT2D eigenvalue weighted by Gasteiger charge is 2.40. The van der Waals surface area contributed by atoms with Crippen molar-refractivity contribution in [1.29, 1.82) is 0 Å². The zero-order valence-electron chi connectivity index (χ0n) is 12.5. The molecule has 2 heterocycles. The number of carbonyl (C=O) groups is 2. The first kappa shape index (κ1) is 17.9. The molecule has 3 N–H and O–H groups in total. The van der Waals surface area contributed by atoms with Gasteiger partial charge in [-0.2, -0.15) is 0 Å². The Kier molecular flexibility index (Phi) is 5.40. The van der Waals surface area contributed by atoms with Crippen LogP contribution in [0.4, 0.5) is 0 Å². The molecule has 128 valence electrons. The van der Waals surface area contributed by atoms with Gasteiger partial charge in [0.1, 0.15) is 0 Å². The van der Waals surface area contributed by atoms with Crippen LogP contribution < -0.4 is 10.0 Å². The molecule has 0 aliphatic carbocycles. The number of rotatable bonds is 6. The fraction of sp³-hybridized carbons (Fsp3) is 0.538. The van der Waals surface area contributed by atoms with Crippen LogP contribution in [-0.4, -0.2) is 52.2 Å². The molecule has 23 heavy (non-hydrogen) atoms. The van der Waals surface area contributed by atoms with Crippen molar-refractivity contribution in [3.63, 3.8) is 0 Å². The highest BCUT2D eigenvalue weighted by Crippen LogP contribution is 2.30. The Morgan fingerprint density at radius 2 is 2.04 bits per heavy atom. The molecule has 0 radical (unpaired) electrons. The third-order valence-electron chi connectivity index (χ3n) is 3.87. The summed E-state index contributed by atoms with van der Waals surface area (Å²) < 4.78 is 30.7. The van der Waals surface area contributed by atoms with Crippen LogP contribution in [0.1, 0.15) is 22.5 Å². The van der Waals surface area contributed by atoms with E-state index in [9.17, 15) is 23.1 Å². The average Bonchev–Trinajstić information content (AvgIpc) is 3.04. The highest BCUT2D eigenvalue weighted by molar-refractivity contribution is 7.89. The van der Waals surface area contributed by atoms with Gasteiger partial charge in [-0.25, -0.2) is 13.1 Å². The predicted molar refractivity (Wildman–Crippen MR) is 83.0 cm³/mol. The van der Waals surface area contributed by atoms with E-state index in [4.69, 9.17) is 4.74 Å². The molecule has 1 aliphatic heterocycles. The number of ether oxygens (including phenoxy) is 1. The van der Waals surface area contributed by atoms with Gasteiger partial charge in [-0.05, 0) is 26.0 Å². The lowest BCUT2D eigenvalue weighted by Gasteiger charge is -2.33. The van der Waals surface area contributed by atoms with E-state index in [0.29, 0.717) is 26.1 Å². The molecule has 0 bridgehead atoms. The van der Waals surface area contributed by atoms with Crippen molar-refractivity contribution in [2.75, 3.05) is 26.8 Å². The minimum Gasteiger partial charge on any atom is -0.481 e. The number of nitrogens with one attached hydrogen (secondary N) is 2. The molecule has 1 fully saturated rings. The fourth-order valence-electron chi connectivity index (χ4n) is 2.26. The standard InChI is InChI=1S/C13H18N2O6S2/c1-14-23(19,20)9-6-10(22-7-9)11(16)15-8-13(12(17)18)2-4-21-5-3-13/h6-7,14H,2-5,8H2,1H3,(H,15,16)(H,17,18). The molecule has 0 unspecified atom stereocenters. The van der Waals surface area contributed by atoms with Gasteiger partial charge in [0.05, 0.1) is 15.2 Å². The molecule has 10 heteroatoms. The molecular formula is C13H18N2O6S2. The number of sulfonamides is 1. The van der Waals surface area contributed by atoms with Crippen molar-refractivity contribution in [2.24, 2.45) is 5.41 Å². The number of carbonyl (C=O) groups excluding carboxylic acids is 1. The quantitative estimate of drug-likeness (QED) is 0.668. The molecule has 0 aromatic carbocycles. The van der Waals surface area contributed by atoms with Gasteiger partial charge in [-0.3, -0.25) is 9.59 Å². The molecule has 8 nitrogen and oxygen atoms in total. The van der Waals surface area contributed by atoms with Crippen LogP contribution in [0.15, 0.2) is 16.3 Å². The minimum atomic E-state index is -3.60. The lowest BCUT2D eigenvalue weighted by Crippen LogP contribution is -2.46. The number of carboxylic acids is 1. The Balaban J connectivity index is 2.06. The second kappa shape index (κ2) is 6.95. The van der Waals surface area contributed by atoms with Crippen LogP contribution >= 0.6 is 11.3 Å². The van der Waals surface area contributed by atoms with Gasteiger partial charge in [-0.15, -0.1) is 11.3 Å². The van der Waals surface area contributed by atoms with E-state index in [1.54, 1.807) is 0 Å². The van der Waals surface area contributed by atoms with E-state index in [0.717, 1.165) is 11.3 Å². The molecular weight excluding hydrogens is 344 g/mol. The summed E-state index contributed by atoms with van der Waals surface area (Å²) in [6.07, 6.45) is 0.652. The van der Waals surface area contributed by atoms with E-state index in [1.807, 2.05) is 0 Å². The van der Waals surface area contributed by atoms with Crippen molar-refractivity contribution in [1.82, 2.24) is 10.0 Å². The van der Waals surface area contributed by atoms with Crippen molar-refractivity contribution in [3.8, 4) is 0 Å². The molecule has 0 atom stereocenters. The van der Waals surface area contributed by atoms with Crippen LogP contribution in [0.2, 0.25) is 0 Å². The molecule has 1 aromatic rings. The van der Waals surface area contributed by atoms with Crippen molar-refractivity contribution < 1.29 is 27.9 Å². The van der Waals surface area contributed by atoms with E-state index in [2.05, 4.69) is 10.0 Å². The first-order valence-corrected chi connectivity index (χ1v) is 9.28. The second-order valence-corrected chi connectivity index (χ2v) is 8.03. The maximum Gasteiger partial charge on any atom is 0.311 e. The van der Waals surface area contributed by atoms with Crippen LogP contribution in [0, 0.1) is 5.41 Å². The maximum absolute atomic E-state index is 12.1. The molecule has 0 saturated carbocycles. The van der Waals surface area contributed by atoms with E-state index in [1.165, 1.54) is 18.5 Å². The van der Waals surface area contributed by atoms with Crippen LogP contribution in [0.25, 0.3) is 0 Å². The van der Waals surface area contributed by atoms with Crippen molar-refractivity contribution in [3.05, 3.63) is 16.3 Å². The van der Waals surface area contributed by atoms with Gasteiger partial charge >= 0.3 is 5.97 Å². The SMILES string of the molecule is CNS(=O)(=O)c1csc(C(=O)NCC2(C(=O)O)CCOCC2)c1. The summed E-state index contributed by atoms with van der Waals surface area (Å²) in [5.74, 6) is -1.45. The summed E-state index contributed by atoms with van der Waals surface area (Å²) >= 11 is 0.990. The zero-order chi connectivity index (χ0) is 17.1. The van der Waals surface area contributed by atoms with Gasteiger partial charge in [0, 0.05) is 25.1 Å². The van der Waals surface area contributed by atoms with Gasteiger partial charge < -0.3 is 15.2 Å². The monoisotopic (exact) mass is 362 g/mol. The second-order valence-electron chi connectivity index (χ2n) is 5.23. The predicted octanol–water partition coefficient (Wildman–Crippen LogP) is 0.267. The summed E-state index contributed by atoms with van der Waals surface area (Å²) in [7, 11) is -2.32. The average molecular weight is 362 g/mol. The highest BCUT2D eigenvalue weighted by atomic mass is 32.2. The Morgan fingerprint density at radius 1 is 1.39 bits per heavy atom. The molecule has 1 aliphatic rings. The molecule has 1 aromatic heterocycles. The van der Waals surface area contributed by atoms with Gasteiger partial charge in [-0.1, -0.05) is 0 Å². The van der Waals surface area contributed by atoms with Crippen LogP contribution in [0.5, 0.6) is 0 Å². The number of aliphatic carboxylic acids is 1. The van der Waals surface area contributed by atoms with Gasteiger partial charge in [0.2, 0.25) is 10.0 Å². The Hall–Kier alpha value is -1.49. The Labute approximate surface area is 137 Å². The summed E-state index contributed by atoms with van der Waals surface area (Å²) in [6.45, 7) is 0.661. The lowest BCUT2D eigenvalue weighted by molar-refractivity contribution is -0.154. The summed E-state index contributed by atoms with van der Waals surface area (Å²) in [5.41, 5.74) is -1.04. The summed E-state index contributed by atoms with van der Waals surface area (Å²) in [6, 6.07) is 1.27. The van der Waals surface area contributed by atoms with E-state index < -0.39 is 27.3 Å². The lowest BCUT2D eigenvalue weighted by atomic mass is 9.80. The van der Waals surface area contributed by atoms with Crippen molar-refractivity contribution >= 4 is 33.2 Å². The van der Waals surface area contributed by atoms with Crippen molar-refractivity contribution in [2.45, 2.75) is 17.7 Å².